The molecule has 1 fully saturated rings. The Labute approximate surface area is 137 Å². The van der Waals surface area contributed by atoms with Gasteiger partial charge in [-0.05, 0) is 56.1 Å². The Morgan fingerprint density at radius 3 is 2.74 bits per heavy atom. The summed E-state index contributed by atoms with van der Waals surface area (Å²) in [6.07, 6.45) is 4.25. The lowest BCUT2D eigenvalue weighted by Gasteiger charge is -2.24. The van der Waals surface area contributed by atoms with Crippen LogP contribution in [-0.4, -0.2) is 30.1 Å². The average molecular weight is 307 g/mol. The van der Waals surface area contributed by atoms with Gasteiger partial charge in [0.15, 0.2) is 0 Å². The molecule has 0 radical (unpaired) electrons. The predicted octanol–water partition coefficient (Wildman–Crippen LogP) is 3.79. The van der Waals surface area contributed by atoms with Crippen molar-refractivity contribution in [2.45, 2.75) is 25.8 Å². The molecular weight excluding hydrogens is 286 g/mol. The van der Waals surface area contributed by atoms with Crippen molar-refractivity contribution >= 4 is 0 Å². The maximum Gasteiger partial charge on any atom is 0.232 e. The molecule has 118 valence electrons. The van der Waals surface area contributed by atoms with E-state index in [-0.39, 0.29) is 0 Å². The van der Waals surface area contributed by atoms with Crippen LogP contribution < -0.4 is 4.74 Å². The minimum atomic E-state index is 0.378. The van der Waals surface area contributed by atoms with Gasteiger partial charge in [-0.15, -0.1) is 0 Å². The number of likely N-dealkylation sites (tertiary alicyclic amines) is 1. The lowest BCUT2D eigenvalue weighted by atomic mass is 9.97. The Morgan fingerprint density at radius 2 is 2.04 bits per heavy atom. The molecule has 1 unspecified atom stereocenters. The Hall–Kier alpha value is -2.38. The van der Waals surface area contributed by atoms with E-state index in [1.54, 1.807) is 13.3 Å². The van der Waals surface area contributed by atoms with Crippen LogP contribution in [0.4, 0.5) is 0 Å². The number of ether oxygens (including phenoxy) is 1. The van der Waals surface area contributed by atoms with Gasteiger partial charge in [-0.25, -0.2) is 4.98 Å². The van der Waals surface area contributed by atoms with Crippen LogP contribution in [0.2, 0.25) is 0 Å². The van der Waals surface area contributed by atoms with Crippen molar-refractivity contribution in [2.24, 2.45) is 0 Å². The summed E-state index contributed by atoms with van der Waals surface area (Å²) in [5.74, 6) is 0.378. The zero-order chi connectivity index (χ0) is 16.2. The topological polar surface area (TPSA) is 49.1 Å². The molecule has 23 heavy (non-hydrogen) atoms. The summed E-state index contributed by atoms with van der Waals surface area (Å²) in [5.41, 5.74) is 3.67. The molecule has 1 saturated heterocycles. The van der Waals surface area contributed by atoms with Crippen molar-refractivity contribution < 1.29 is 4.74 Å². The molecule has 1 atom stereocenters. The highest BCUT2D eigenvalue weighted by Gasteiger charge is 2.20. The summed E-state index contributed by atoms with van der Waals surface area (Å²) in [5, 5.41) is 9.46. The third-order valence-electron chi connectivity index (χ3n) is 4.59. The number of pyridine rings is 1. The normalized spacial score (nSPS) is 16.0. The highest BCUT2D eigenvalue weighted by Crippen LogP contribution is 2.31. The maximum atomic E-state index is 9.46. The molecule has 0 aliphatic carbocycles. The predicted molar refractivity (Wildman–Crippen MR) is 90.2 cm³/mol. The van der Waals surface area contributed by atoms with Gasteiger partial charge in [0, 0.05) is 17.8 Å². The molecule has 4 heteroatoms. The third kappa shape index (κ3) is 3.06. The van der Waals surface area contributed by atoms with E-state index >= 15 is 0 Å². The van der Waals surface area contributed by atoms with E-state index in [4.69, 9.17) is 4.74 Å². The van der Waals surface area contributed by atoms with E-state index in [0.29, 0.717) is 17.5 Å². The third-order valence-corrected chi connectivity index (χ3v) is 4.59. The van der Waals surface area contributed by atoms with Crippen LogP contribution in [0.5, 0.6) is 5.88 Å². The van der Waals surface area contributed by atoms with Crippen LogP contribution in [0.15, 0.2) is 36.5 Å². The number of nitrogens with zero attached hydrogens (tertiary/aromatic N) is 3. The van der Waals surface area contributed by atoms with Gasteiger partial charge in [0.05, 0.1) is 7.11 Å². The van der Waals surface area contributed by atoms with E-state index in [1.165, 1.54) is 18.4 Å². The Morgan fingerprint density at radius 1 is 1.26 bits per heavy atom. The first-order valence-electron chi connectivity index (χ1n) is 8.02. The Bertz CT molecular complexity index is 730. The lowest BCUT2D eigenvalue weighted by Crippen LogP contribution is -2.23. The Balaban J connectivity index is 1.99. The van der Waals surface area contributed by atoms with Crippen molar-refractivity contribution in [3.63, 3.8) is 0 Å². The fourth-order valence-corrected chi connectivity index (χ4v) is 3.25. The van der Waals surface area contributed by atoms with Crippen molar-refractivity contribution in [3.8, 4) is 23.1 Å². The summed E-state index contributed by atoms with van der Waals surface area (Å²) in [6, 6.07) is 12.9. The standard InChI is InChI=1S/C19H21N3O/c1-14(22-10-3-4-11-22)15-6-5-7-16(12-15)17-8-9-21-19(23-2)18(17)13-20/h5-9,12,14H,3-4,10-11H2,1-2H3. The summed E-state index contributed by atoms with van der Waals surface area (Å²) in [6.45, 7) is 4.58. The average Bonchev–Trinajstić information content (AvgIpc) is 3.15. The molecule has 1 aliphatic heterocycles. The number of rotatable bonds is 4. The number of benzene rings is 1. The smallest absolute Gasteiger partial charge is 0.232 e. The van der Waals surface area contributed by atoms with Crippen LogP contribution in [0, 0.1) is 11.3 Å². The molecule has 2 aromatic rings. The number of hydrogen-bond donors (Lipinski definition) is 0. The molecule has 2 heterocycles. The van der Waals surface area contributed by atoms with Gasteiger partial charge in [0.1, 0.15) is 11.6 Å². The first-order chi connectivity index (χ1) is 11.2. The molecule has 0 spiro atoms. The van der Waals surface area contributed by atoms with Gasteiger partial charge >= 0.3 is 0 Å². The molecule has 4 nitrogen and oxygen atoms in total. The zero-order valence-corrected chi connectivity index (χ0v) is 13.6. The summed E-state index contributed by atoms with van der Waals surface area (Å²) in [4.78, 5) is 6.63. The highest BCUT2D eigenvalue weighted by molar-refractivity contribution is 5.72. The fraction of sp³-hybridized carbons (Fsp3) is 0.368. The number of nitriles is 1. The SMILES string of the molecule is COc1nccc(-c2cccc(C(C)N3CCCC3)c2)c1C#N. The largest absolute Gasteiger partial charge is 0.480 e. The molecule has 0 bridgehead atoms. The van der Waals surface area contributed by atoms with Gasteiger partial charge < -0.3 is 4.74 Å². The van der Waals surface area contributed by atoms with Crippen molar-refractivity contribution in [1.29, 1.82) is 5.26 Å². The maximum absolute atomic E-state index is 9.46. The van der Waals surface area contributed by atoms with Gasteiger partial charge in [0.25, 0.3) is 0 Å². The highest BCUT2D eigenvalue weighted by atomic mass is 16.5. The molecule has 0 N–H and O–H groups in total. The second-order valence-corrected chi connectivity index (χ2v) is 5.90. The lowest BCUT2D eigenvalue weighted by molar-refractivity contribution is 0.263. The van der Waals surface area contributed by atoms with Crippen LogP contribution in [0.25, 0.3) is 11.1 Å². The molecular formula is C19H21N3O. The summed E-state index contributed by atoms with van der Waals surface area (Å²) >= 11 is 0. The number of aromatic nitrogens is 1. The monoisotopic (exact) mass is 307 g/mol. The molecule has 1 aliphatic rings. The number of hydrogen-bond acceptors (Lipinski definition) is 4. The van der Waals surface area contributed by atoms with Crippen molar-refractivity contribution in [3.05, 3.63) is 47.7 Å². The van der Waals surface area contributed by atoms with E-state index in [0.717, 1.165) is 24.2 Å². The van der Waals surface area contributed by atoms with Gasteiger partial charge in [-0.1, -0.05) is 18.2 Å². The van der Waals surface area contributed by atoms with Crippen molar-refractivity contribution in [2.75, 3.05) is 20.2 Å². The second-order valence-electron chi connectivity index (χ2n) is 5.90. The molecule has 3 rings (SSSR count). The first-order valence-corrected chi connectivity index (χ1v) is 8.02. The van der Waals surface area contributed by atoms with E-state index in [9.17, 15) is 5.26 Å². The van der Waals surface area contributed by atoms with Gasteiger partial charge in [-0.3, -0.25) is 4.90 Å². The second kappa shape index (κ2) is 6.80. The number of methoxy groups -OCH3 is 1. The summed E-state index contributed by atoms with van der Waals surface area (Å²) in [7, 11) is 1.54. The quantitative estimate of drug-likeness (QED) is 0.862. The van der Waals surface area contributed by atoms with E-state index < -0.39 is 0 Å². The van der Waals surface area contributed by atoms with Gasteiger partial charge in [-0.2, -0.15) is 5.26 Å². The first kappa shape index (κ1) is 15.5. The molecule has 1 aromatic heterocycles. The minimum Gasteiger partial charge on any atom is -0.480 e. The van der Waals surface area contributed by atoms with E-state index in [1.807, 2.05) is 12.1 Å². The zero-order valence-electron chi connectivity index (χ0n) is 13.6. The minimum absolute atomic E-state index is 0.378. The van der Waals surface area contributed by atoms with Crippen molar-refractivity contribution in [1.82, 2.24) is 9.88 Å². The van der Waals surface area contributed by atoms with Crippen LogP contribution in [0.1, 0.15) is 36.9 Å². The molecule has 1 aromatic carbocycles. The molecule has 0 amide bonds. The van der Waals surface area contributed by atoms with Crippen LogP contribution in [0.3, 0.4) is 0 Å². The fourth-order valence-electron chi connectivity index (χ4n) is 3.25. The van der Waals surface area contributed by atoms with Crippen LogP contribution >= 0.6 is 0 Å². The molecule has 0 saturated carbocycles. The van der Waals surface area contributed by atoms with Crippen LogP contribution in [-0.2, 0) is 0 Å². The van der Waals surface area contributed by atoms with E-state index in [2.05, 4.69) is 41.1 Å². The Kier molecular flexibility index (Phi) is 4.59. The van der Waals surface area contributed by atoms with Gasteiger partial charge in [0.2, 0.25) is 5.88 Å². The summed E-state index contributed by atoms with van der Waals surface area (Å²) < 4.78 is 5.22.